The average molecular weight is 654 g/mol. The maximum atomic E-state index is 15.9. The number of nitrogens with one attached hydrogen (secondary N) is 1. The van der Waals surface area contributed by atoms with Gasteiger partial charge in [0.15, 0.2) is 5.82 Å². The van der Waals surface area contributed by atoms with E-state index in [4.69, 9.17) is 4.74 Å². The molecular formula is C31H39F4N5O6. The molecule has 0 aromatic heterocycles. The number of ether oxygens (including phenoxy) is 1. The van der Waals surface area contributed by atoms with Gasteiger partial charge in [-0.1, -0.05) is 0 Å². The third-order valence-corrected chi connectivity index (χ3v) is 9.85. The number of benzene rings is 1. The number of hydrogen-bond acceptors (Lipinski definition) is 9. The summed E-state index contributed by atoms with van der Waals surface area (Å²) in [5.74, 6) is -5.92. The van der Waals surface area contributed by atoms with Gasteiger partial charge in [0.25, 0.3) is 17.7 Å². The lowest BCUT2D eigenvalue weighted by Crippen LogP contribution is -2.55. The van der Waals surface area contributed by atoms with Crippen molar-refractivity contribution in [1.29, 1.82) is 0 Å². The second-order valence-corrected chi connectivity index (χ2v) is 12.8. The van der Waals surface area contributed by atoms with Crippen LogP contribution in [0.5, 0.6) is 0 Å². The van der Waals surface area contributed by atoms with Gasteiger partial charge in [-0.25, -0.2) is 9.18 Å². The zero-order chi connectivity index (χ0) is 32.6. The summed E-state index contributed by atoms with van der Waals surface area (Å²) in [6, 6.07) is 1.66. The molecule has 6 rings (SSSR count). The van der Waals surface area contributed by atoms with Crippen LogP contribution in [0.3, 0.4) is 0 Å². The third-order valence-electron chi connectivity index (χ3n) is 9.85. The monoisotopic (exact) mass is 653 g/mol. The molecule has 3 amide bonds. The molecule has 1 N–H and O–H groups in total. The number of likely N-dealkylation sites (tertiary alicyclic amines) is 1. The minimum Gasteiger partial charge on any atom is -0.375 e. The van der Waals surface area contributed by atoms with Gasteiger partial charge in [-0.2, -0.15) is 13.2 Å². The first-order valence-corrected chi connectivity index (χ1v) is 16.1. The molecule has 15 heteroatoms. The van der Waals surface area contributed by atoms with Gasteiger partial charge >= 0.3 is 12.1 Å². The van der Waals surface area contributed by atoms with Crippen molar-refractivity contribution in [3.63, 3.8) is 0 Å². The van der Waals surface area contributed by atoms with Crippen molar-refractivity contribution in [3.8, 4) is 0 Å². The van der Waals surface area contributed by atoms with Crippen LogP contribution in [0.2, 0.25) is 0 Å². The van der Waals surface area contributed by atoms with Gasteiger partial charge in [0.05, 0.1) is 24.4 Å². The van der Waals surface area contributed by atoms with Gasteiger partial charge in [0, 0.05) is 50.3 Å². The van der Waals surface area contributed by atoms with Crippen LogP contribution in [0.4, 0.5) is 23.2 Å². The van der Waals surface area contributed by atoms with Crippen molar-refractivity contribution in [2.24, 2.45) is 5.92 Å². The molecule has 252 valence electrons. The number of alkyl halides is 3. The Morgan fingerprint density at radius 2 is 1.59 bits per heavy atom. The van der Waals surface area contributed by atoms with Gasteiger partial charge in [-0.05, 0) is 76.1 Å². The van der Waals surface area contributed by atoms with E-state index >= 15 is 4.39 Å². The molecule has 0 bridgehead atoms. The van der Waals surface area contributed by atoms with Crippen LogP contribution in [0, 0.1) is 11.7 Å². The Morgan fingerprint density at radius 3 is 2.26 bits per heavy atom. The zero-order valence-electron chi connectivity index (χ0n) is 25.5. The van der Waals surface area contributed by atoms with Crippen LogP contribution in [-0.4, -0.2) is 109 Å². The van der Waals surface area contributed by atoms with Gasteiger partial charge < -0.3 is 29.6 Å². The summed E-state index contributed by atoms with van der Waals surface area (Å²) in [6.45, 7) is 6.07. The number of rotatable bonds is 7. The molecule has 1 atom stereocenters. The molecule has 0 radical (unpaired) electrons. The maximum Gasteiger partial charge on any atom is 0.493 e. The second-order valence-electron chi connectivity index (χ2n) is 12.8. The molecule has 46 heavy (non-hydrogen) atoms. The van der Waals surface area contributed by atoms with Crippen molar-refractivity contribution in [2.45, 2.75) is 82.3 Å². The Bertz CT molecular complexity index is 1340. The highest BCUT2D eigenvalue weighted by Gasteiger charge is 2.49. The topological polar surface area (TPSA) is 112 Å². The number of carbonyl (C=O) groups excluding carboxylic acids is 4. The summed E-state index contributed by atoms with van der Waals surface area (Å²) in [4.78, 5) is 59.0. The Kier molecular flexibility index (Phi) is 9.53. The first-order chi connectivity index (χ1) is 22.0. The molecule has 5 aliphatic rings. The van der Waals surface area contributed by atoms with Crippen LogP contribution in [-0.2, 0) is 30.5 Å². The minimum absolute atomic E-state index is 0.0483. The highest BCUT2D eigenvalue weighted by atomic mass is 19.4. The number of fused-ring (bicyclic) bond motifs is 1. The number of hydroxylamine groups is 2. The highest BCUT2D eigenvalue weighted by molar-refractivity contribution is 6.05. The normalized spacial score (nSPS) is 24.6. The molecule has 1 aromatic rings. The van der Waals surface area contributed by atoms with Crippen LogP contribution < -0.4 is 10.2 Å². The van der Waals surface area contributed by atoms with Crippen LogP contribution in [0.15, 0.2) is 12.1 Å². The zero-order valence-corrected chi connectivity index (χ0v) is 25.5. The lowest BCUT2D eigenvalue weighted by atomic mass is 9.94. The average Bonchev–Trinajstić information content (AvgIpc) is 3.37. The number of amides is 3. The smallest absolute Gasteiger partial charge is 0.375 e. The molecule has 1 unspecified atom stereocenters. The first-order valence-electron chi connectivity index (χ1n) is 16.1. The summed E-state index contributed by atoms with van der Waals surface area (Å²) in [7, 11) is 0. The van der Waals surface area contributed by atoms with E-state index < -0.39 is 48.1 Å². The van der Waals surface area contributed by atoms with E-state index in [9.17, 15) is 32.3 Å². The van der Waals surface area contributed by atoms with E-state index in [0.29, 0.717) is 36.9 Å². The molecule has 0 saturated carbocycles. The maximum absolute atomic E-state index is 15.9. The van der Waals surface area contributed by atoms with Crippen LogP contribution in [0.25, 0.3) is 0 Å². The Labute approximate surface area is 264 Å². The Hall–Kier alpha value is -3.30. The molecule has 5 aliphatic heterocycles. The van der Waals surface area contributed by atoms with Crippen LogP contribution in [0.1, 0.15) is 67.3 Å². The second kappa shape index (κ2) is 13.4. The summed E-state index contributed by atoms with van der Waals surface area (Å²) < 4.78 is 60.3. The predicted octanol–water partition coefficient (Wildman–Crippen LogP) is 2.77. The number of carbonyl (C=O) groups is 4. The molecule has 11 nitrogen and oxygen atoms in total. The van der Waals surface area contributed by atoms with Gasteiger partial charge in [0.1, 0.15) is 6.04 Å². The molecular weight excluding hydrogens is 614 g/mol. The number of piperidine rings is 4. The lowest BCUT2D eigenvalue weighted by Gasteiger charge is -2.39. The van der Waals surface area contributed by atoms with E-state index in [-0.39, 0.29) is 29.2 Å². The summed E-state index contributed by atoms with van der Waals surface area (Å²) in [6.07, 6.45) is 0.656. The number of imide groups is 1. The summed E-state index contributed by atoms with van der Waals surface area (Å²) >= 11 is 0. The van der Waals surface area contributed by atoms with E-state index in [1.54, 1.807) is 6.07 Å². The van der Waals surface area contributed by atoms with Crippen molar-refractivity contribution in [3.05, 3.63) is 29.1 Å². The summed E-state index contributed by atoms with van der Waals surface area (Å²) in [5.41, 5.74) is 0.489. The first kappa shape index (κ1) is 32.6. The predicted molar refractivity (Wildman–Crippen MR) is 155 cm³/mol. The van der Waals surface area contributed by atoms with Crippen LogP contribution >= 0.6 is 0 Å². The number of anilines is 1. The third kappa shape index (κ3) is 6.86. The van der Waals surface area contributed by atoms with Crippen molar-refractivity contribution in [2.75, 3.05) is 50.7 Å². The standard InChI is InChI=1S/C31H39F4N5O6/c32-27-23-18-39(25-3-4-26(41)40(29(25)43)46-30(44)31(33,34)35)28(42)22(23)1-2-24(27)38-15-7-19(8-16-38)17-37-13-9-21(10-14-37)45-20-5-11-36-12-6-20/h1-2,19-21,25,36H,3-18H2. The molecule has 5 heterocycles. The van der Waals surface area contributed by atoms with Crippen molar-refractivity contribution < 1.29 is 46.3 Å². The van der Waals surface area contributed by atoms with Gasteiger partial charge in [-0.3, -0.25) is 14.4 Å². The highest BCUT2D eigenvalue weighted by Crippen LogP contribution is 2.36. The van der Waals surface area contributed by atoms with Gasteiger partial charge in [-0.15, -0.1) is 5.06 Å². The largest absolute Gasteiger partial charge is 0.493 e. The minimum atomic E-state index is -5.43. The van der Waals surface area contributed by atoms with E-state index in [0.717, 1.165) is 76.1 Å². The molecule has 1 aromatic carbocycles. The Morgan fingerprint density at radius 1 is 0.913 bits per heavy atom. The SMILES string of the molecule is O=C1CCC(N2Cc3c(ccc(N4CCC(CN5CCC(OC6CCNCC6)CC5)CC4)c3F)C2=O)C(=O)N1OC(=O)C(F)(F)F. The number of halogens is 4. The molecule has 4 saturated heterocycles. The van der Waals surface area contributed by atoms with Crippen molar-refractivity contribution >= 4 is 29.4 Å². The van der Waals surface area contributed by atoms with Gasteiger partial charge in [0.2, 0.25) is 0 Å². The fourth-order valence-electron chi connectivity index (χ4n) is 7.27. The Balaban J connectivity index is 1.02. The van der Waals surface area contributed by atoms with E-state index in [2.05, 4.69) is 15.1 Å². The summed E-state index contributed by atoms with van der Waals surface area (Å²) in [5, 5.41) is 3.13. The van der Waals surface area contributed by atoms with E-state index in [1.165, 1.54) is 6.07 Å². The molecule has 0 spiro atoms. The number of hydrogen-bond donors (Lipinski definition) is 1. The lowest BCUT2D eigenvalue weighted by molar-refractivity contribution is -0.238. The quantitative estimate of drug-likeness (QED) is 0.351. The fourth-order valence-corrected chi connectivity index (χ4v) is 7.27. The van der Waals surface area contributed by atoms with Crippen molar-refractivity contribution in [1.82, 2.24) is 20.2 Å². The molecule has 4 fully saturated rings. The van der Waals surface area contributed by atoms with E-state index in [1.807, 2.05) is 4.90 Å². The fraction of sp³-hybridized carbons (Fsp3) is 0.677. The number of nitrogens with zero attached hydrogens (tertiary/aromatic N) is 4. The molecule has 0 aliphatic carbocycles.